The van der Waals surface area contributed by atoms with Gasteiger partial charge in [-0.15, -0.1) is 13.2 Å². The summed E-state index contributed by atoms with van der Waals surface area (Å²) in [5.41, 5.74) is 1.20. The number of alkyl halides is 3. The van der Waals surface area contributed by atoms with E-state index in [4.69, 9.17) is 4.42 Å². The SMILES string of the molecule is O=[N+]([O-])c1cc(-c2ccc(OC(F)(F)F)cc2)c2ncoc2c1. The predicted molar refractivity (Wildman–Crippen MR) is 72.8 cm³/mol. The normalized spacial score (nSPS) is 11.6. The first-order chi connectivity index (χ1) is 10.8. The van der Waals surface area contributed by atoms with Crippen LogP contribution in [0.15, 0.2) is 47.2 Å². The molecule has 6 nitrogen and oxygen atoms in total. The molecule has 0 amide bonds. The molecule has 0 aliphatic carbocycles. The van der Waals surface area contributed by atoms with Gasteiger partial charge in [-0.1, -0.05) is 12.1 Å². The molecule has 0 N–H and O–H groups in total. The topological polar surface area (TPSA) is 78.4 Å². The number of nitro groups is 1. The van der Waals surface area contributed by atoms with Gasteiger partial charge in [0.05, 0.1) is 11.0 Å². The second-order valence-electron chi connectivity index (χ2n) is 4.52. The van der Waals surface area contributed by atoms with E-state index in [1.54, 1.807) is 0 Å². The third-order valence-corrected chi connectivity index (χ3v) is 3.03. The van der Waals surface area contributed by atoms with Gasteiger partial charge in [0.2, 0.25) is 0 Å². The van der Waals surface area contributed by atoms with Crippen LogP contribution in [0.2, 0.25) is 0 Å². The monoisotopic (exact) mass is 324 g/mol. The summed E-state index contributed by atoms with van der Waals surface area (Å²) in [5.74, 6) is -0.386. The Balaban J connectivity index is 2.06. The molecule has 9 heteroatoms. The predicted octanol–water partition coefficient (Wildman–Crippen LogP) is 4.30. The van der Waals surface area contributed by atoms with Crippen LogP contribution in [0, 0.1) is 10.1 Å². The highest BCUT2D eigenvalue weighted by molar-refractivity contribution is 5.92. The third kappa shape index (κ3) is 3.07. The summed E-state index contributed by atoms with van der Waals surface area (Å²) in [5, 5.41) is 11.0. The molecule has 0 atom stereocenters. The van der Waals surface area contributed by atoms with E-state index in [1.807, 2.05) is 0 Å². The number of non-ortho nitro benzene ring substituents is 1. The van der Waals surface area contributed by atoms with Crippen molar-refractivity contribution in [2.45, 2.75) is 6.36 Å². The van der Waals surface area contributed by atoms with Crippen LogP contribution in [0.3, 0.4) is 0 Å². The number of hydrogen-bond acceptors (Lipinski definition) is 5. The van der Waals surface area contributed by atoms with Gasteiger partial charge in [0.1, 0.15) is 11.3 Å². The molecule has 1 aromatic heterocycles. The minimum Gasteiger partial charge on any atom is -0.443 e. The molecule has 0 spiro atoms. The van der Waals surface area contributed by atoms with Gasteiger partial charge >= 0.3 is 6.36 Å². The van der Waals surface area contributed by atoms with Crippen LogP contribution in [0.25, 0.3) is 22.2 Å². The van der Waals surface area contributed by atoms with Crippen LogP contribution in [0.4, 0.5) is 18.9 Å². The van der Waals surface area contributed by atoms with Gasteiger partial charge in [-0.05, 0) is 17.7 Å². The Kier molecular flexibility index (Phi) is 3.40. The highest BCUT2D eigenvalue weighted by Crippen LogP contribution is 2.33. The molecule has 23 heavy (non-hydrogen) atoms. The van der Waals surface area contributed by atoms with Crippen molar-refractivity contribution in [2.75, 3.05) is 0 Å². The number of aromatic nitrogens is 1. The number of hydrogen-bond donors (Lipinski definition) is 0. The molecule has 118 valence electrons. The molecule has 3 rings (SSSR count). The average molecular weight is 324 g/mol. The highest BCUT2D eigenvalue weighted by atomic mass is 19.4. The van der Waals surface area contributed by atoms with Crippen LogP contribution in [0.5, 0.6) is 5.75 Å². The Morgan fingerprint density at radius 1 is 1.17 bits per heavy atom. The van der Waals surface area contributed by atoms with Crippen LogP contribution in [-0.2, 0) is 0 Å². The number of benzene rings is 2. The second kappa shape index (κ2) is 5.27. The minimum absolute atomic E-state index is 0.208. The molecule has 0 saturated heterocycles. The maximum Gasteiger partial charge on any atom is 0.573 e. The van der Waals surface area contributed by atoms with Gasteiger partial charge < -0.3 is 9.15 Å². The summed E-state index contributed by atoms with van der Waals surface area (Å²) in [7, 11) is 0. The zero-order valence-corrected chi connectivity index (χ0v) is 11.2. The lowest BCUT2D eigenvalue weighted by molar-refractivity contribution is -0.384. The molecule has 0 unspecified atom stereocenters. The number of halogens is 3. The van der Waals surface area contributed by atoms with Crippen molar-refractivity contribution in [2.24, 2.45) is 0 Å². The van der Waals surface area contributed by atoms with Crippen molar-refractivity contribution in [1.82, 2.24) is 4.98 Å². The molecule has 0 fully saturated rings. The number of rotatable bonds is 3. The van der Waals surface area contributed by atoms with E-state index in [9.17, 15) is 23.3 Å². The summed E-state index contributed by atoms with van der Waals surface area (Å²) in [4.78, 5) is 14.3. The van der Waals surface area contributed by atoms with Gasteiger partial charge in [-0.3, -0.25) is 10.1 Å². The van der Waals surface area contributed by atoms with Crippen molar-refractivity contribution in [1.29, 1.82) is 0 Å². The molecular formula is C14H7F3N2O4. The van der Waals surface area contributed by atoms with Crippen molar-refractivity contribution < 1.29 is 27.2 Å². The summed E-state index contributed by atoms with van der Waals surface area (Å²) < 4.78 is 45.3. The van der Waals surface area contributed by atoms with E-state index >= 15 is 0 Å². The first kappa shape index (κ1) is 14.8. The number of nitrogens with zero attached hydrogens (tertiary/aromatic N) is 2. The van der Waals surface area contributed by atoms with E-state index in [-0.39, 0.29) is 17.0 Å². The van der Waals surface area contributed by atoms with Crippen molar-refractivity contribution in [3.63, 3.8) is 0 Å². The number of oxazole rings is 1. The molecule has 0 saturated carbocycles. The van der Waals surface area contributed by atoms with Gasteiger partial charge in [-0.2, -0.15) is 0 Å². The van der Waals surface area contributed by atoms with Gasteiger partial charge in [0.25, 0.3) is 5.69 Å². The zero-order chi connectivity index (χ0) is 16.6. The van der Waals surface area contributed by atoms with Crippen LogP contribution >= 0.6 is 0 Å². The van der Waals surface area contributed by atoms with E-state index < -0.39 is 11.3 Å². The number of nitro benzene ring substituents is 1. The van der Waals surface area contributed by atoms with Crippen LogP contribution in [-0.4, -0.2) is 16.3 Å². The molecule has 0 aliphatic rings. The van der Waals surface area contributed by atoms with Crippen molar-refractivity contribution in [3.8, 4) is 16.9 Å². The van der Waals surface area contributed by atoms with Gasteiger partial charge in [0.15, 0.2) is 12.0 Å². The lowest BCUT2D eigenvalue weighted by atomic mass is 10.0. The molecule has 0 bridgehead atoms. The van der Waals surface area contributed by atoms with Crippen molar-refractivity contribution in [3.05, 3.63) is 52.9 Å². The molecule has 0 aliphatic heterocycles. The van der Waals surface area contributed by atoms with Crippen LogP contribution < -0.4 is 4.74 Å². The average Bonchev–Trinajstić information content (AvgIpc) is 2.93. The lowest BCUT2D eigenvalue weighted by Gasteiger charge is -2.09. The first-order valence-corrected chi connectivity index (χ1v) is 6.21. The minimum atomic E-state index is -4.79. The fraction of sp³-hybridized carbons (Fsp3) is 0.0714. The first-order valence-electron chi connectivity index (χ1n) is 6.21. The van der Waals surface area contributed by atoms with E-state index in [1.165, 1.54) is 24.3 Å². The standard InChI is InChI=1S/C14H7F3N2O4/c15-14(16,17)23-10-3-1-8(2-4-10)11-5-9(19(20)21)6-12-13(11)18-7-22-12/h1-7H. The molecule has 2 aromatic carbocycles. The Hall–Kier alpha value is -3.10. The van der Waals surface area contributed by atoms with Gasteiger partial charge in [0, 0.05) is 11.6 Å². The Labute approximate surface area is 126 Å². The van der Waals surface area contributed by atoms with E-state index in [0.717, 1.165) is 18.5 Å². The lowest BCUT2D eigenvalue weighted by Crippen LogP contribution is -2.16. The maximum absolute atomic E-state index is 12.2. The fourth-order valence-electron chi connectivity index (χ4n) is 2.11. The Morgan fingerprint density at radius 3 is 2.48 bits per heavy atom. The van der Waals surface area contributed by atoms with Gasteiger partial charge in [-0.25, -0.2) is 4.98 Å². The number of fused-ring (bicyclic) bond motifs is 1. The highest BCUT2D eigenvalue weighted by Gasteiger charge is 2.31. The summed E-state index contributed by atoms with van der Waals surface area (Å²) >= 11 is 0. The van der Waals surface area contributed by atoms with E-state index in [2.05, 4.69) is 9.72 Å². The molecule has 3 aromatic rings. The molecular weight excluding hydrogens is 317 g/mol. The smallest absolute Gasteiger partial charge is 0.443 e. The van der Waals surface area contributed by atoms with Crippen molar-refractivity contribution >= 4 is 16.8 Å². The summed E-state index contributed by atoms with van der Waals surface area (Å²) in [6.07, 6.45) is -3.65. The molecule has 0 radical (unpaired) electrons. The number of ether oxygens (including phenoxy) is 1. The maximum atomic E-state index is 12.2. The molecule has 1 heterocycles. The fourth-order valence-corrected chi connectivity index (χ4v) is 2.11. The Morgan fingerprint density at radius 2 is 1.87 bits per heavy atom. The second-order valence-corrected chi connectivity index (χ2v) is 4.52. The summed E-state index contributed by atoms with van der Waals surface area (Å²) in [6, 6.07) is 7.46. The third-order valence-electron chi connectivity index (χ3n) is 3.03. The van der Waals surface area contributed by atoms with Crippen LogP contribution in [0.1, 0.15) is 0 Å². The van der Waals surface area contributed by atoms with E-state index in [0.29, 0.717) is 16.6 Å². The Bertz CT molecular complexity index is 872. The quantitative estimate of drug-likeness (QED) is 0.530. The summed E-state index contributed by atoms with van der Waals surface area (Å²) in [6.45, 7) is 0. The largest absolute Gasteiger partial charge is 0.573 e. The zero-order valence-electron chi connectivity index (χ0n) is 11.2.